The van der Waals surface area contributed by atoms with E-state index >= 15 is 0 Å². The van der Waals surface area contributed by atoms with Gasteiger partial charge in [-0.05, 0) is 5.56 Å². The molecule has 1 N–H and O–H groups in total. The maximum absolute atomic E-state index is 10.5. The normalized spacial score (nSPS) is 12.2. The fourth-order valence-corrected chi connectivity index (χ4v) is 0.952. The van der Waals surface area contributed by atoms with Crippen molar-refractivity contribution in [1.82, 2.24) is 0 Å². The molecule has 0 radical (unpaired) electrons. The molecule has 1 rings (SSSR count). The summed E-state index contributed by atoms with van der Waals surface area (Å²) in [5, 5.41) is 17.1. The van der Waals surface area contributed by atoms with Gasteiger partial charge in [0, 0.05) is 0 Å². The summed E-state index contributed by atoms with van der Waals surface area (Å²) >= 11 is 0. The van der Waals surface area contributed by atoms with Crippen molar-refractivity contribution < 1.29 is 9.90 Å². The van der Waals surface area contributed by atoms with Crippen LogP contribution in [0.15, 0.2) is 36.4 Å². The van der Waals surface area contributed by atoms with Crippen LogP contribution in [0.1, 0.15) is 5.56 Å². The Hall–Kier alpha value is -2.08. The van der Waals surface area contributed by atoms with E-state index in [-0.39, 0.29) is 0 Å². The van der Waals surface area contributed by atoms with Crippen LogP contribution in [-0.2, 0) is 4.79 Å². The molecule has 0 fully saturated rings. The highest BCUT2D eigenvalue weighted by molar-refractivity contribution is 5.76. The third kappa shape index (κ3) is 2.76. The maximum atomic E-state index is 10.5. The molecular formula is C11H9NO2. The monoisotopic (exact) mass is 187 g/mol. The third-order valence-corrected chi connectivity index (χ3v) is 1.69. The number of carboxylic acids is 1. The summed E-state index contributed by atoms with van der Waals surface area (Å²) in [5.74, 6) is -2.20. The molecule has 0 saturated carbocycles. The van der Waals surface area contributed by atoms with Crippen molar-refractivity contribution in [3.8, 4) is 6.07 Å². The Morgan fingerprint density at radius 3 is 2.57 bits per heavy atom. The molecule has 0 aliphatic heterocycles. The summed E-state index contributed by atoms with van der Waals surface area (Å²) in [6, 6.07) is 10.9. The SMILES string of the molecule is N#CC(/C=C/c1ccccc1)C(=O)O. The van der Waals surface area contributed by atoms with E-state index in [0.717, 1.165) is 5.56 Å². The van der Waals surface area contributed by atoms with E-state index in [9.17, 15) is 4.79 Å². The molecule has 3 nitrogen and oxygen atoms in total. The summed E-state index contributed by atoms with van der Waals surface area (Å²) in [4.78, 5) is 10.5. The Morgan fingerprint density at radius 2 is 2.07 bits per heavy atom. The third-order valence-electron chi connectivity index (χ3n) is 1.69. The molecule has 1 aromatic rings. The Bertz CT molecular complexity index is 376. The first-order valence-electron chi connectivity index (χ1n) is 4.09. The van der Waals surface area contributed by atoms with Gasteiger partial charge in [-0.15, -0.1) is 0 Å². The van der Waals surface area contributed by atoms with Gasteiger partial charge < -0.3 is 5.11 Å². The van der Waals surface area contributed by atoms with E-state index in [0.29, 0.717) is 0 Å². The average molecular weight is 187 g/mol. The zero-order valence-electron chi connectivity index (χ0n) is 7.42. The molecule has 0 heterocycles. The van der Waals surface area contributed by atoms with Gasteiger partial charge in [0.1, 0.15) is 0 Å². The lowest BCUT2D eigenvalue weighted by Gasteiger charge is -1.95. The van der Waals surface area contributed by atoms with Gasteiger partial charge in [0.25, 0.3) is 0 Å². The van der Waals surface area contributed by atoms with Crippen LogP contribution < -0.4 is 0 Å². The van der Waals surface area contributed by atoms with Gasteiger partial charge in [-0.3, -0.25) is 4.79 Å². The minimum atomic E-state index is -1.13. The molecule has 14 heavy (non-hydrogen) atoms. The molecule has 0 aliphatic carbocycles. The smallest absolute Gasteiger partial charge is 0.324 e. The Balaban J connectivity index is 2.74. The molecular weight excluding hydrogens is 178 g/mol. The predicted octanol–water partition coefficient (Wildman–Crippen LogP) is 1.92. The molecule has 0 spiro atoms. The fourth-order valence-electron chi connectivity index (χ4n) is 0.952. The van der Waals surface area contributed by atoms with Crippen LogP contribution >= 0.6 is 0 Å². The van der Waals surface area contributed by atoms with Crippen LogP contribution in [0.25, 0.3) is 6.08 Å². The molecule has 0 aromatic heterocycles. The Kier molecular flexibility index (Phi) is 3.45. The van der Waals surface area contributed by atoms with Gasteiger partial charge in [-0.1, -0.05) is 42.5 Å². The van der Waals surface area contributed by atoms with E-state index in [2.05, 4.69) is 0 Å². The van der Waals surface area contributed by atoms with Crippen LogP contribution in [0.2, 0.25) is 0 Å². The number of nitriles is 1. The minimum absolute atomic E-state index is 0.883. The molecule has 1 aromatic carbocycles. The topological polar surface area (TPSA) is 61.1 Å². The Labute approximate surface area is 81.9 Å². The largest absolute Gasteiger partial charge is 0.480 e. The van der Waals surface area contributed by atoms with Crippen molar-refractivity contribution in [2.45, 2.75) is 0 Å². The summed E-state index contributed by atoms with van der Waals surface area (Å²) in [7, 11) is 0. The quantitative estimate of drug-likeness (QED) is 0.786. The highest BCUT2D eigenvalue weighted by atomic mass is 16.4. The van der Waals surface area contributed by atoms with Crippen molar-refractivity contribution >= 4 is 12.0 Å². The van der Waals surface area contributed by atoms with Crippen molar-refractivity contribution in [3.05, 3.63) is 42.0 Å². The molecule has 1 unspecified atom stereocenters. The standard InChI is InChI=1S/C11H9NO2/c12-8-10(11(13)14)7-6-9-4-2-1-3-5-9/h1-7,10H,(H,13,14)/b7-6+. The zero-order valence-corrected chi connectivity index (χ0v) is 7.42. The number of hydrogen-bond donors (Lipinski definition) is 1. The van der Waals surface area contributed by atoms with Gasteiger partial charge in [0.05, 0.1) is 6.07 Å². The van der Waals surface area contributed by atoms with Crippen LogP contribution in [-0.4, -0.2) is 11.1 Å². The lowest BCUT2D eigenvalue weighted by atomic mass is 10.1. The van der Waals surface area contributed by atoms with Gasteiger partial charge >= 0.3 is 5.97 Å². The van der Waals surface area contributed by atoms with Gasteiger partial charge in [0.2, 0.25) is 0 Å². The van der Waals surface area contributed by atoms with E-state index in [1.807, 2.05) is 30.3 Å². The van der Waals surface area contributed by atoms with E-state index in [1.54, 1.807) is 12.1 Å². The number of nitrogens with zero attached hydrogens (tertiary/aromatic N) is 1. The van der Waals surface area contributed by atoms with Crippen LogP contribution in [0, 0.1) is 17.2 Å². The van der Waals surface area contributed by atoms with Crippen molar-refractivity contribution in [2.75, 3.05) is 0 Å². The molecule has 0 bridgehead atoms. The summed E-state index contributed by atoms with van der Waals surface area (Å²) < 4.78 is 0. The van der Waals surface area contributed by atoms with E-state index < -0.39 is 11.9 Å². The number of rotatable bonds is 3. The lowest BCUT2D eigenvalue weighted by molar-refractivity contribution is -0.138. The van der Waals surface area contributed by atoms with Crippen LogP contribution in [0.4, 0.5) is 0 Å². The molecule has 0 saturated heterocycles. The summed E-state index contributed by atoms with van der Waals surface area (Å²) in [6.45, 7) is 0. The highest BCUT2D eigenvalue weighted by Gasteiger charge is 2.10. The highest BCUT2D eigenvalue weighted by Crippen LogP contribution is 2.05. The number of carbonyl (C=O) groups is 1. The lowest BCUT2D eigenvalue weighted by Crippen LogP contribution is -2.07. The van der Waals surface area contributed by atoms with Crippen molar-refractivity contribution in [2.24, 2.45) is 5.92 Å². The second-order valence-electron chi connectivity index (χ2n) is 2.71. The number of hydrogen-bond acceptors (Lipinski definition) is 2. The zero-order chi connectivity index (χ0) is 10.4. The number of carboxylic acid groups (broad SMARTS) is 1. The average Bonchev–Trinajstić information content (AvgIpc) is 2.20. The molecule has 3 heteroatoms. The molecule has 0 aliphatic rings. The maximum Gasteiger partial charge on any atom is 0.324 e. The first-order valence-corrected chi connectivity index (χ1v) is 4.09. The summed E-state index contributed by atoms with van der Waals surface area (Å²) in [5.41, 5.74) is 0.883. The van der Waals surface area contributed by atoms with E-state index in [4.69, 9.17) is 10.4 Å². The van der Waals surface area contributed by atoms with Gasteiger partial charge in [0.15, 0.2) is 5.92 Å². The first kappa shape index (κ1) is 10.0. The predicted molar refractivity (Wildman–Crippen MR) is 52.2 cm³/mol. The number of benzene rings is 1. The molecule has 1 atom stereocenters. The van der Waals surface area contributed by atoms with E-state index in [1.165, 1.54) is 6.08 Å². The van der Waals surface area contributed by atoms with Crippen LogP contribution in [0.5, 0.6) is 0 Å². The second kappa shape index (κ2) is 4.83. The Morgan fingerprint density at radius 1 is 1.43 bits per heavy atom. The van der Waals surface area contributed by atoms with Crippen molar-refractivity contribution in [1.29, 1.82) is 5.26 Å². The second-order valence-corrected chi connectivity index (χ2v) is 2.71. The van der Waals surface area contributed by atoms with Crippen molar-refractivity contribution in [3.63, 3.8) is 0 Å². The van der Waals surface area contributed by atoms with Gasteiger partial charge in [-0.2, -0.15) is 5.26 Å². The fraction of sp³-hybridized carbons (Fsp3) is 0.0909. The molecule has 70 valence electrons. The number of aliphatic carboxylic acids is 1. The summed E-state index contributed by atoms with van der Waals surface area (Å²) in [6.07, 6.45) is 3.00. The molecule has 0 amide bonds. The minimum Gasteiger partial charge on any atom is -0.480 e. The first-order chi connectivity index (χ1) is 6.74. The van der Waals surface area contributed by atoms with Gasteiger partial charge in [-0.25, -0.2) is 0 Å². The van der Waals surface area contributed by atoms with Crippen LogP contribution in [0.3, 0.4) is 0 Å².